The molecule has 0 aromatic heterocycles. The van der Waals surface area contributed by atoms with Gasteiger partial charge in [-0.05, 0) is 20.6 Å². The monoisotopic (exact) mass is 126 g/mol. The normalized spacial score (nSPS) is 13.6. The van der Waals surface area contributed by atoms with Crippen LogP contribution in [0.1, 0.15) is 13.8 Å². The number of aliphatic imine (C=N–C) groups is 2. The van der Waals surface area contributed by atoms with Crippen molar-refractivity contribution < 1.29 is 0 Å². The van der Waals surface area contributed by atoms with Crippen LogP contribution < -0.4 is 5.84 Å². The van der Waals surface area contributed by atoms with Crippen molar-refractivity contribution in [2.75, 3.05) is 0 Å². The first-order valence-electron chi connectivity index (χ1n) is 2.47. The van der Waals surface area contributed by atoms with E-state index in [1.54, 1.807) is 13.8 Å². The highest BCUT2D eigenvalue weighted by atomic mass is 15.2. The van der Waals surface area contributed by atoms with Gasteiger partial charge in [0, 0.05) is 0 Å². The highest BCUT2D eigenvalue weighted by molar-refractivity contribution is 5.96. The minimum absolute atomic E-state index is 0.500. The van der Waals surface area contributed by atoms with E-state index in [1.165, 1.54) is 0 Å². The maximum atomic E-state index is 4.89. The number of hydrogen-bond donors (Lipinski definition) is 1. The minimum atomic E-state index is 0.500. The molecule has 4 nitrogen and oxygen atoms in total. The third kappa shape index (κ3) is 3.40. The van der Waals surface area contributed by atoms with E-state index in [2.05, 4.69) is 21.8 Å². The van der Waals surface area contributed by atoms with Crippen LogP contribution >= 0.6 is 0 Å². The summed E-state index contributed by atoms with van der Waals surface area (Å²) in [5.41, 5.74) is 0. The first-order valence-corrected chi connectivity index (χ1v) is 2.47. The van der Waals surface area contributed by atoms with E-state index >= 15 is 0 Å². The Labute approximate surface area is 54.2 Å². The van der Waals surface area contributed by atoms with Crippen LogP contribution in [0.2, 0.25) is 0 Å². The predicted octanol–water partition coefficient (Wildman–Crippen LogP) is 0.398. The Hall–Kier alpha value is -1.19. The van der Waals surface area contributed by atoms with Gasteiger partial charge in [-0.2, -0.15) is 5.10 Å². The highest BCUT2D eigenvalue weighted by Gasteiger charge is 1.84. The molecule has 0 rings (SSSR count). The lowest BCUT2D eigenvalue weighted by Gasteiger charge is -1.88. The fraction of sp³-hybridized carbons (Fsp3) is 0.400. The van der Waals surface area contributed by atoms with E-state index in [9.17, 15) is 0 Å². The largest absolute Gasteiger partial charge is 0.322 e. The maximum absolute atomic E-state index is 4.89. The van der Waals surface area contributed by atoms with Gasteiger partial charge in [-0.1, -0.05) is 0 Å². The summed E-state index contributed by atoms with van der Waals surface area (Å²) in [5, 5.41) is 3.32. The molecule has 0 heterocycles. The second-order valence-corrected chi connectivity index (χ2v) is 1.49. The number of hydrazone groups is 1. The van der Waals surface area contributed by atoms with Crippen LogP contribution in [0.15, 0.2) is 15.1 Å². The topological polar surface area (TPSA) is 63.1 Å². The Morgan fingerprint density at radius 2 is 1.89 bits per heavy atom. The molecule has 0 radical (unpaired) electrons. The van der Waals surface area contributed by atoms with E-state index in [-0.39, 0.29) is 0 Å². The second kappa shape index (κ2) is 3.77. The molecule has 9 heavy (non-hydrogen) atoms. The van der Waals surface area contributed by atoms with Crippen LogP contribution in [0.25, 0.3) is 0 Å². The molecule has 0 atom stereocenters. The van der Waals surface area contributed by atoms with Gasteiger partial charge >= 0.3 is 0 Å². The van der Waals surface area contributed by atoms with Crippen molar-refractivity contribution in [2.24, 2.45) is 20.9 Å². The average Bonchev–Trinajstić information content (AvgIpc) is 1.87. The first-order chi connectivity index (χ1) is 4.20. The SMILES string of the molecule is C=N/C(C)=N\C(C)=N/N. The van der Waals surface area contributed by atoms with E-state index < -0.39 is 0 Å². The standard InChI is InChI=1S/C5H10N4/c1-4(7-3)8-5(2)9-6/h3,6H2,1-2H3/b8-4-,9-5-. The molecule has 0 aliphatic heterocycles. The van der Waals surface area contributed by atoms with E-state index in [0.717, 1.165) is 0 Å². The third-order valence-corrected chi connectivity index (χ3v) is 0.739. The van der Waals surface area contributed by atoms with Gasteiger partial charge in [-0.15, -0.1) is 0 Å². The fourth-order valence-corrected chi connectivity index (χ4v) is 0.298. The fourth-order valence-electron chi connectivity index (χ4n) is 0.298. The quantitative estimate of drug-likeness (QED) is 0.217. The number of nitrogens with zero attached hydrogens (tertiary/aromatic N) is 3. The van der Waals surface area contributed by atoms with Gasteiger partial charge < -0.3 is 5.84 Å². The van der Waals surface area contributed by atoms with Gasteiger partial charge in [0.25, 0.3) is 0 Å². The molecule has 0 fully saturated rings. The zero-order valence-electron chi connectivity index (χ0n) is 5.63. The summed E-state index contributed by atoms with van der Waals surface area (Å²) in [4.78, 5) is 7.37. The van der Waals surface area contributed by atoms with Crippen LogP contribution in [0.4, 0.5) is 0 Å². The van der Waals surface area contributed by atoms with Crippen LogP contribution in [0, 0.1) is 0 Å². The van der Waals surface area contributed by atoms with Crippen LogP contribution in [0.5, 0.6) is 0 Å². The number of hydrogen-bond acceptors (Lipinski definition) is 2. The summed E-state index contributed by atoms with van der Waals surface area (Å²) in [6.07, 6.45) is 0. The van der Waals surface area contributed by atoms with Gasteiger partial charge in [0.05, 0.1) is 0 Å². The zero-order valence-corrected chi connectivity index (χ0v) is 5.63. The molecule has 0 aliphatic rings. The molecule has 50 valence electrons. The van der Waals surface area contributed by atoms with Crippen molar-refractivity contribution >= 4 is 18.4 Å². The van der Waals surface area contributed by atoms with Gasteiger partial charge in [-0.25, -0.2) is 9.98 Å². The molecule has 0 saturated heterocycles. The predicted molar refractivity (Wildman–Crippen MR) is 40.0 cm³/mol. The molecule has 0 aliphatic carbocycles. The molecular weight excluding hydrogens is 116 g/mol. The summed E-state index contributed by atoms with van der Waals surface area (Å²) in [6, 6.07) is 0. The van der Waals surface area contributed by atoms with Crippen LogP contribution in [0.3, 0.4) is 0 Å². The van der Waals surface area contributed by atoms with Gasteiger partial charge in [0.2, 0.25) is 0 Å². The molecule has 0 saturated carbocycles. The smallest absolute Gasteiger partial charge is 0.146 e. The molecule has 2 N–H and O–H groups in total. The lowest BCUT2D eigenvalue weighted by molar-refractivity contribution is 1.22. The number of rotatable bonds is 0. The summed E-state index contributed by atoms with van der Waals surface area (Å²) >= 11 is 0. The Kier molecular flexibility index (Phi) is 3.27. The first kappa shape index (κ1) is 7.81. The number of nitrogens with two attached hydrogens (primary N) is 1. The van der Waals surface area contributed by atoms with E-state index in [4.69, 9.17) is 5.84 Å². The molecule has 0 amide bonds. The molecule has 0 unspecified atom stereocenters. The molecular formula is C5H10N4. The second-order valence-electron chi connectivity index (χ2n) is 1.49. The van der Waals surface area contributed by atoms with Crippen molar-refractivity contribution in [1.29, 1.82) is 0 Å². The Balaban J connectivity index is 4.11. The lowest BCUT2D eigenvalue weighted by Crippen LogP contribution is -1.95. The average molecular weight is 126 g/mol. The van der Waals surface area contributed by atoms with Gasteiger partial charge in [0.15, 0.2) is 0 Å². The summed E-state index contributed by atoms with van der Waals surface area (Å²) in [5.74, 6) is 5.96. The van der Waals surface area contributed by atoms with Crippen molar-refractivity contribution in [2.45, 2.75) is 13.8 Å². The van der Waals surface area contributed by atoms with E-state index in [0.29, 0.717) is 11.7 Å². The molecule has 0 spiro atoms. The van der Waals surface area contributed by atoms with Crippen molar-refractivity contribution in [3.05, 3.63) is 0 Å². The third-order valence-electron chi connectivity index (χ3n) is 0.739. The molecule has 4 heteroatoms. The van der Waals surface area contributed by atoms with Gasteiger partial charge in [-0.3, -0.25) is 0 Å². The Bertz CT molecular complexity index is 156. The van der Waals surface area contributed by atoms with E-state index in [1.807, 2.05) is 0 Å². The molecule has 0 bridgehead atoms. The van der Waals surface area contributed by atoms with Crippen molar-refractivity contribution in [3.63, 3.8) is 0 Å². The number of amidine groups is 2. The summed E-state index contributed by atoms with van der Waals surface area (Å²) in [6.45, 7) is 6.68. The lowest BCUT2D eigenvalue weighted by atomic mass is 10.6. The zero-order chi connectivity index (χ0) is 7.28. The van der Waals surface area contributed by atoms with Gasteiger partial charge in [0.1, 0.15) is 11.7 Å². The van der Waals surface area contributed by atoms with Crippen molar-refractivity contribution in [3.8, 4) is 0 Å². The summed E-state index contributed by atoms with van der Waals surface area (Å²) < 4.78 is 0. The minimum Gasteiger partial charge on any atom is -0.322 e. The Morgan fingerprint density at radius 3 is 2.22 bits per heavy atom. The van der Waals surface area contributed by atoms with Crippen LogP contribution in [-0.2, 0) is 0 Å². The summed E-state index contributed by atoms with van der Waals surface area (Å²) in [7, 11) is 0. The Morgan fingerprint density at radius 1 is 1.33 bits per heavy atom. The molecule has 0 aromatic rings. The maximum Gasteiger partial charge on any atom is 0.146 e. The van der Waals surface area contributed by atoms with Crippen LogP contribution in [-0.4, -0.2) is 18.4 Å². The molecule has 0 aromatic carbocycles. The highest BCUT2D eigenvalue weighted by Crippen LogP contribution is 1.80. The van der Waals surface area contributed by atoms with Crippen molar-refractivity contribution in [1.82, 2.24) is 0 Å².